The number of methoxy groups -OCH3 is 1. The van der Waals surface area contributed by atoms with Crippen molar-refractivity contribution in [3.8, 4) is 0 Å². The van der Waals surface area contributed by atoms with E-state index in [-0.39, 0.29) is 23.7 Å². The van der Waals surface area contributed by atoms with Crippen LogP contribution in [0.3, 0.4) is 0 Å². The van der Waals surface area contributed by atoms with Crippen LogP contribution < -0.4 is 0 Å². The van der Waals surface area contributed by atoms with E-state index in [0.717, 1.165) is 5.57 Å². The Morgan fingerprint density at radius 3 is 2.14 bits per heavy atom. The fourth-order valence-corrected chi connectivity index (χ4v) is 12.6. The molecule has 0 spiro atoms. The van der Waals surface area contributed by atoms with Crippen LogP contribution in [-0.2, 0) is 23.8 Å². The maximum atomic E-state index is 13.6. The lowest BCUT2D eigenvalue weighted by Gasteiger charge is -2.72. The molecule has 1 saturated heterocycles. The summed E-state index contributed by atoms with van der Waals surface area (Å²) in [5.41, 5.74) is -4.01. The van der Waals surface area contributed by atoms with Crippen molar-refractivity contribution in [1.29, 1.82) is 0 Å². The topological polar surface area (TPSA) is 224 Å². The number of aliphatic hydroxyl groups excluding tert-OH is 6. The van der Waals surface area contributed by atoms with Crippen molar-refractivity contribution >= 4 is 11.9 Å². The number of aliphatic hydroxyl groups is 6. The summed E-state index contributed by atoms with van der Waals surface area (Å²) in [5.74, 6) is -3.38. The Morgan fingerprint density at radius 1 is 0.880 bits per heavy atom. The molecule has 8 N–H and O–H groups in total. The minimum atomic E-state index is -1.93. The van der Waals surface area contributed by atoms with E-state index in [0.29, 0.717) is 44.9 Å². The monoisotopic (exact) mass is 710 g/mol. The fourth-order valence-electron chi connectivity index (χ4n) is 12.6. The second-order valence-corrected chi connectivity index (χ2v) is 18.0. The van der Waals surface area contributed by atoms with Gasteiger partial charge in [-0.1, -0.05) is 46.3 Å². The van der Waals surface area contributed by atoms with E-state index in [9.17, 15) is 50.4 Å². The molecule has 0 amide bonds. The van der Waals surface area contributed by atoms with Crippen molar-refractivity contribution in [3.63, 3.8) is 0 Å². The molecule has 0 bridgehead atoms. The molecule has 0 radical (unpaired) electrons. The van der Waals surface area contributed by atoms with Crippen LogP contribution >= 0.6 is 0 Å². The van der Waals surface area contributed by atoms with Crippen molar-refractivity contribution in [2.24, 2.45) is 50.2 Å². The van der Waals surface area contributed by atoms with E-state index in [1.807, 2.05) is 0 Å². The lowest BCUT2D eigenvalue weighted by molar-refractivity contribution is -0.345. The zero-order valence-corrected chi connectivity index (χ0v) is 30.1. The summed E-state index contributed by atoms with van der Waals surface area (Å²) in [7, 11) is 1.43. The zero-order valence-electron chi connectivity index (χ0n) is 30.1. The van der Waals surface area contributed by atoms with Gasteiger partial charge in [0, 0.05) is 7.11 Å². The van der Waals surface area contributed by atoms with E-state index in [4.69, 9.17) is 14.2 Å². The summed E-state index contributed by atoms with van der Waals surface area (Å²) in [5, 5.41) is 86.2. The number of carboxylic acids is 2. The minimum absolute atomic E-state index is 0.100. The summed E-state index contributed by atoms with van der Waals surface area (Å²) in [6, 6.07) is 0. The molecular formula is C37H58O13. The first-order chi connectivity index (χ1) is 23.3. The molecule has 13 nitrogen and oxygen atoms in total. The summed E-state index contributed by atoms with van der Waals surface area (Å²) in [6.07, 6.45) is -5.35. The summed E-state index contributed by atoms with van der Waals surface area (Å²) in [6.45, 7) is 9.23. The maximum absolute atomic E-state index is 13.6. The number of carboxylic acid groups (broad SMARTS) is 2. The predicted octanol–water partition coefficient (Wildman–Crippen LogP) is 1.69. The van der Waals surface area contributed by atoms with Gasteiger partial charge in [0.1, 0.15) is 41.3 Å². The van der Waals surface area contributed by atoms with E-state index in [2.05, 4.69) is 40.7 Å². The lowest BCUT2D eigenvalue weighted by Crippen LogP contribution is -2.72. The average Bonchev–Trinajstić information content (AvgIpc) is 3.04. The Bertz CT molecular complexity index is 1380. The molecule has 1 heterocycles. The number of rotatable bonds is 7. The molecule has 4 saturated carbocycles. The molecule has 0 aromatic carbocycles. The minimum Gasteiger partial charge on any atom is -0.481 e. The molecule has 6 rings (SSSR count). The Balaban J connectivity index is 1.42. The fraction of sp³-hybridized carbons (Fsp3) is 0.892. The van der Waals surface area contributed by atoms with Gasteiger partial charge in [0.15, 0.2) is 6.29 Å². The van der Waals surface area contributed by atoms with Crippen molar-refractivity contribution in [2.45, 2.75) is 135 Å². The molecule has 13 heteroatoms. The molecule has 0 unspecified atom stereocenters. The Hall–Kier alpha value is -1.68. The number of hydrogen-bond donors (Lipinski definition) is 8. The molecule has 0 aromatic rings. The number of hydrogen-bond acceptors (Lipinski definition) is 11. The number of fused-ring (bicyclic) bond motifs is 7. The van der Waals surface area contributed by atoms with E-state index < -0.39 is 107 Å². The van der Waals surface area contributed by atoms with Crippen LogP contribution in [0.15, 0.2) is 11.6 Å². The first kappa shape index (κ1) is 38.1. The van der Waals surface area contributed by atoms with Crippen LogP contribution in [0.5, 0.6) is 0 Å². The van der Waals surface area contributed by atoms with Gasteiger partial charge in [-0.2, -0.15) is 0 Å². The molecule has 50 heavy (non-hydrogen) atoms. The van der Waals surface area contributed by atoms with Crippen LogP contribution in [0, 0.1) is 50.2 Å². The normalized spacial score (nSPS) is 52.8. The number of ether oxygens (including phenoxy) is 3. The summed E-state index contributed by atoms with van der Waals surface area (Å²) in [4.78, 5) is 26.7. The van der Waals surface area contributed by atoms with Crippen molar-refractivity contribution in [1.82, 2.24) is 0 Å². The smallest absolute Gasteiger partial charge is 0.315 e. The van der Waals surface area contributed by atoms with Crippen molar-refractivity contribution < 1.29 is 64.7 Å². The third-order valence-electron chi connectivity index (χ3n) is 15.5. The number of allylic oxidation sites excluding steroid dienone is 2. The lowest BCUT2D eigenvalue weighted by atomic mass is 9.33. The predicted molar refractivity (Wildman–Crippen MR) is 176 cm³/mol. The van der Waals surface area contributed by atoms with Crippen LogP contribution in [0.1, 0.15) is 86.0 Å². The highest BCUT2D eigenvalue weighted by molar-refractivity contribution is 5.78. The van der Waals surface area contributed by atoms with Crippen LogP contribution in [0.2, 0.25) is 0 Å². The van der Waals surface area contributed by atoms with Gasteiger partial charge in [-0.3, -0.25) is 9.59 Å². The molecule has 5 fully saturated rings. The molecule has 16 atom stereocenters. The highest BCUT2D eigenvalue weighted by atomic mass is 16.7. The van der Waals surface area contributed by atoms with E-state index in [1.165, 1.54) is 7.11 Å². The average molecular weight is 711 g/mol. The van der Waals surface area contributed by atoms with Crippen LogP contribution in [0.4, 0.5) is 0 Å². The van der Waals surface area contributed by atoms with Crippen molar-refractivity contribution in [2.75, 3.05) is 20.3 Å². The summed E-state index contributed by atoms with van der Waals surface area (Å²) < 4.78 is 17.8. The quantitative estimate of drug-likeness (QED) is 0.139. The van der Waals surface area contributed by atoms with Gasteiger partial charge in [-0.15, -0.1) is 0 Å². The second kappa shape index (κ2) is 12.4. The van der Waals surface area contributed by atoms with Crippen molar-refractivity contribution in [3.05, 3.63) is 11.6 Å². The van der Waals surface area contributed by atoms with E-state index >= 15 is 0 Å². The maximum Gasteiger partial charge on any atom is 0.315 e. The standard InChI is InChI=1S/C37H58O13/c1-32(2)11-12-36(30(44)45)19(13-32)18-7-8-22-33(3)14-20(48-6)28(50-29-27(43)26(42)25(41)21(16-38)49-29)37(17-39,31(46)47)23(33)9-10-34(22,4)35(18,5)15-24(36)40/h7,19-29,38-43H,8-17H2,1-6H3,(H,44,45)(H,46,47)/t19-,20-,21-,22-,23+,24+,25+,26-,27-,28-,29+,33+,34+,35+,36+,37+/m0/s1. The van der Waals surface area contributed by atoms with Crippen LogP contribution in [-0.4, -0.2) is 122 Å². The van der Waals surface area contributed by atoms with Gasteiger partial charge in [-0.25, -0.2) is 0 Å². The van der Waals surface area contributed by atoms with Crippen LogP contribution in [0.25, 0.3) is 0 Å². The Morgan fingerprint density at radius 2 is 1.56 bits per heavy atom. The van der Waals surface area contributed by atoms with E-state index in [1.54, 1.807) is 0 Å². The molecule has 6 aliphatic rings. The summed E-state index contributed by atoms with van der Waals surface area (Å²) >= 11 is 0. The molecule has 284 valence electrons. The SMILES string of the molecule is CO[C@H]1C[C@@]2(C)[C@@H](CC[C@]3(C)[C@H]2CC=C2[C@@H]4CC(C)(C)CC[C@]4(C(=O)O)[C@H](O)C[C@]23C)[C@@](CO)(C(=O)O)[C@H]1O[C@H]1O[C@@H](CO)[C@@H](O)[C@H](O)[C@@H]1O. The highest BCUT2D eigenvalue weighted by Crippen LogP contribution is 2.76. The highest BCUT2D eigenvalue weighted by Gasteiger charge is 2.74. The number of carbonyl (C=O) groups is 2. The molecular weight excluding hydrogens is 652 g/mol. The van der Waals surface area contributed by atoms with Gasteiger partial charge in [0.05, 0.1) is 25.4 Å². The van der Waals surface area contributed by atoms with Gasteiger partial charge in [-0.05, 0) is 90.8 Å². The third kappa shape index (κ3) is 4.90. The first-order valence-corrected chi connectivity index (χ1v) is 18.2. The first-order valence-electron chi connectivity index (χ1n) is 18.2. The van der Waals surface area contributed by atoms with Gasteiger partial charge in [0.25, 0.3) is 0 Å². The van der Waals surface area contributed by atoms with Gasteiger partial charge >= 0.3 is 11.9 Å². The molecule has 0 aromatic heterocycles. The number of aliphatic carboxylic acids is 2. The third-order valence-corrected chi connectivity index (χ3v) is 15.5. The Labute approximate surface area is 293 Å². The Kier molecular flexibility index (Phi) is 9.47. The largest absolute Gasteiger partial charge is 0.481 e. The zero-order chi connectivity index (χ0) is 37.0. The molecule has 5 aliphatic carbocycles. The van der Waals surface area contributed by atoms with Gasteiger partial charge in [0.2, 0.25) is 0 Å². The van der Waals surface area contributed by atoms with Gasteiger partial charge < -0.3 is 55.1 Å². The second-order valence-electron chi connectivity index (χ2n) is 18.0. The molecule has 1 aliphatic heterocycles.